The first kappa shape index (κ1) is 65.3. The molecule has 0 fully saturated rings. The minimum atomic E-state index is -0.810. The molecule has 68 heavy (non-hydrogen) atoms. The topological polar surface area (TPSA) is 95.9 Å². The summed E-state index contributed by atoms with van der Waals surface area (Å²) in [5.41, 5.74) is 0. The third-order valence-electron chi connectivity index (χ3n) is 13.2. The van der Waals surface area contributed by atoms with E-state index in [2.05, 4.69) is 38.2 Å². The Hall–Kier alpha value is -2.70. The SMILES string of the molecule is CC\C=C/C=C/C=C/C=C\C=C\C=C\CCCC(CC(=O)NC(CO)C(O)CCCCCCCCCCCCCCCCCC)OC(=O)CCCCCCCCCCCCCCCCCCCC. The highest BCUT2D eigenvalue weighted by Crippen LogP contribution is 2.18. The molecule has 1 amide bonds. The first-order valence-electron chi connectivity index (χ1n) is 29.2. The number of aliphatic hydroxyl groups excluding tert-OH is 2. The van der Waals surface area contributed by atoms with E-state index in [1.807, 2.05) is 60.8 Å². The van der Waals surface area contributed by atoms with Gasteiger partial charge in [0.2, 0.25) is 5.91 Å². The van der Waals surface area contributed by atoms with Gasteiger partial charge in [-0.05, 0) is 38.5 Å². The number of ether oxygens (including phenoxy) is 1. The smallest absolute Gasteiger partial charge is 0.306 e. The molecule has 0 aliphatic carbocycles. The van der Waals surface area contributed by atoms with Crippen LogP contribution in [0.3, 0.4) is 0 Å². The molecule has 0 heterocycles. The molecule has 6 nitrogen and oxygen atoms in total. The van der Waals surface area contributed by atoms with Gasteiger partial charge in [-0.1, -0.05) is 306 Å². The second-order valence-corrected chi connectivity index (χ2v) is 19.8. The monoisotopic (exact) mass is 950 g/mol. The Labute approximate surface area is 421 Å². The van der Waals surface area contributed by atoms with Crippen LogP contribution in [0.4, 0.5) is 0 Å². The molecule has 0 bridgehead atoms. The second-order valence-electron chi connectivity index (χ2n) is 19.8. The lowest BCUT2D eigenvalue weighted by atomic mass is 10.0. The van der Waals surface area contributed by atoms with Crippen LogP contribution in [0.25, 0.3) is 0 Å². The van der Waals surface area contributed by atoms with Crippen molar-refractivity contribution in [3.8, 4) is 0 Å². The zero-order valence-corrected chi connectivity index (χ0v) is 45.0. The average Bonchev–Trinajstić information content (AvgIpc) is 3.33. The van der Waals surface area contributed by atoms with Crippen LogP contribution in [0, 0.1) is 0 Å². The van der Waals surface area contributed by atoms with Gasteiger partial charge < -0.3 is 20.3 Å². The standard InChI is InChI=1S/C62H111NO5/c1-4-7-10-13-16-19-22-25-28-30-31-34-37-40-43-46-49-52-55-62(67)68-58(53-50-47-44-41-38-35-32-27-24-21-18-15-12-9-6-3)56-61(66)63-59(57-64)60(65)54-51-48-45-42-39-36-33-29-26-23-20-17-14-11-8-5-2/h9,12,15,18,21,24,27,32,35,38,41,44,58-60,64-65H,4-8,10-11,13-14,16-17,19-20,22-23,25-26,28-31,33-34,36-37,39-40,42-43,45-57H2,1-3H3,(H,63,66)/b12-9-,18-15+,24-21+,32-27-,38-35+,44-41+. The highest BCUT2D eigenvalue weighted by molar-refractivity contribution is 5.77. The first-order chi connectivity index (χ1) is 33.5. The fourth-order valence-electron chi connectivity index (χ4n) is 8.82. The largest absolute Gasteiger partial charge is 0.462 e. The minimum absolute atomic E-state index is 0.0269. The van der Waals surface area contributed by atoms with E-state index in [4.69, 9.17) is 4.74 Å². The minimum Gasteiger partial charge on any atom is -0.462 e. The van der Waals surface area contributed by atoms with E-state index < -0.39 is 18.2 Å². The Balaban J connectivity index is 4.62. The van der Waals surface area contributed by atoms with Crippen molar-refractivity contribution < 1.29 is 24.5 Å². The van der Waals surface area contributed by atoms with Crippen LogP contribution in [0.2, 0.25) is 0 Å². The number of allylic oxidation sites excluding steroid dienone is 12. The van der Waals surface area contributed by atoms with Crippen LogP contribution < -0.4 is 5.32 Å². The highest BCUT2D eigenvalue weighted by Gasteiger charge is 2.24. The zero-order valence-electron chi connectivity index (χ0n) is 45.0. The van der Waals surface area contributed by atoms with Gasteiger partial charge in [-0.15, -0.1) is 0 Å². The number of hydrogen-bond donors (Lipinski definition) is 3. The van der Waals surface area contributed by atoms with E-state index in [0.29, 0.717) is 19.3 Å². The number of hydrogen-bond acceptors (Lipinski definition) is 5. The van der Waals surface area contributed by atoms with Crippen LogP contribution in [-0.4, -0.2) is 46.9 Å². The lowest BCUT2D eigenvalue weighted by Crippen LogP contribution is -2.46. The number of carbonyl (C=O) groups is 2. The maximum atomic E-state index is 13.3. The molecule has 394 valence electrons. The summed E-state index contributed by atoms with van der Waals surface area (Å²) in [6.07, 6.45) is 71.2. The predicted molar refractivity (Wildman–Crippen MR) is 296 cm³/mol. The number of esters is 1. The summed E-state index contributed by atoms with van der Waals surface area (Å²) in [4.78, 5) is 26.3. The molecular weight excluding hydrogens is 839 g/mol. The van der Waals surface area contributed by atoms with E-state index in [0.717, 1.165) is 57.8 Å². The number of amides is 1. The third kappa shape index (κ3) is 49.7. The molecule has 3 N–H and O–H groups in total. The summed E-state index contributed by atoms with van der Waals surface area (Å²) in [6, 6.07) is -0.728. The van der Waals surface area contributed by atoms with Crippen molar-refractivity contribution in [3.05, 3.63) is 72.9 Å². The molecule has 3 unspecified atom stereocenters. The normalized spacial score (nSPS) is 13.7. The molecule has 0 aromatic rings. The third-order valence-corrected chi connectivity index (χ3v) is 13.2. The van der Waals surface area contributed by atoms with E-state index >= 15 is 0 Å². The molecule has 0 aromatic heterocycles. The molecular formula is C62H111NO5. The average molecular weight is 951 g/mol. The Kier molecular flexibility index (Phi) is 53.0. The maximum Gasteiger partial charge on any atom is 0.306 e. The van der Waals surface area contributed by atoms with Crippen molar-refractivity contribution >= 4 is 11.9 Å². The maximum absolute atomic E-state index is 13.3. The van der Waals surface area contributed by atoms with Crippen molar-refractivity contribution in [1.29, 1.82) is 0 Å². The van der Waals surface area contributed by atoms with Crippen LogP contribution in [0.15, 0.2) is 72.9 Å². The van der Waals surface area contributed by atoms with Gasteiger partial charge in [0.05, 0.1) is 25.2 Å². The molecule has 3 atom stereocenters. The van der Waals surface area contributed by atoms with E-state index in [-0.39, 0.29) is 24.9 Å². The van der Waals surface area contributed by atoms with Crippen molar-refractivity contribution in [3.63, 3.8) is 0 Å². The Morgan fingerprint density at radius 2 is 0.794 bits per heavy atom. The molecule has 0 saturated carbocycles. The molecule has 0 radical (unpaired) electrons. The van der Waals surface area contributed by atoms with Gasteiger partial charge in [0.25, 0.3) is 0 Å². The Morgan fingerprint density at radius 1 is 0.441 bits per heavy atom. The lowest BCUT2D eigenvalue weighted by Gasteiger charge is -2.24. The van der Waals surface area contributed by atoms with Crippen LogP contribution in [-0.2, 0) is 14.3 Å². The van der Waals surface area contributed by atoms with Gasteiger partial charge in [0.1, 0.15) is 6.10 Å². The Bertz CT molecular complexity index is 1250. The van der Waals surface area contributed by atoms with Gasteiger partial charge in [-0.2, -0.15) is 0 Å². The molecule has 0 saturated heterocycles. The van der Waals surface area contributed by atoms with Crippen molar-refractivity contribution in [2.75, 3.05) is 6.61 Å². The van der Waals surface area contributed by atoms with E-state index in [9.17, 15) is 19.8 Å². The number of aliphatic hydroxyl groups is 2. The van der Waals surface area contributed by atoms with Crippen LogP contribution in [0.1, 0.15) is 284 Å². The predicted octanol–water partition coefficient (Wildman–Crippen LogP) is 18.1. The fourth-order valence-corrected chi connectivity index (χ4v) is 8.82. The first-order valence-corrected chi connectivity index (χ1v) is 29.2. The van der Waals surface area contributed by atoms with Gasteiger partial charge in [-0.25, -0.2) is 0 Å². The van der Waals surface area contributed by atoms with Crippen molar-refractivity contribution in [2.24, 2.45) is 0 Å². The van der Waals surface area contributed by atoms with E-state index in [1.165, 1.54) is 180 Å². The molecule has 0 rings (SSSR count). The second kappa shape index (κ2) is 55.2. The number of carbonyl (C=O) groups excluding carboxylic acids is 2. The number of unbranched alkanes of at least 4 members (excludes halogenated alkanes) is 33. The fraction of sp³-hybridized carbons (Fsp3) is 0.774. The zero-order chi connectivity index (χ0) is 49.5. The quantitative estimate of drug-likeness (QED) is 0.0321. The summed E-state index contributed by atoms with van der Waals surface area (Å²) in [5.74, 6) is -0.540. The highest BCUT2D eigenvalue weighted by atomic mass is 16.5. The van der Waals surface area contributed by atoms with Gasteiger partial charge >= 0.3 is 5.97 Å². The molecule has 0 aliphatic rings. The molecule has 6 heteroatoms. The van der Waals surface area contributed by atoms with Gasteiger partial charge in [0, 0.05) is 6.42 Å². The van der Waals surface area contributed by atoms with Gasteiger partial charge in [0.15, 0.2) is 0 Å². The summed E-state index contributed by atoms with van der Waals surface area (Å²) in [7, 11) is 0. The molecule has 0 aliphatic heterocycles. The Morgan fingerprint density at radius 3 is 1.18 bits per heavy atom. The summed E-state index contributed by atoms with van der Waals surface area (Å²) in [5, 5.41) is 23.9. The van der Waals surface area contributed by atoms with E-state index in [1.54, 1.807) is 0 Å². The number of rotatable bonds is 52. The summed E-state index contributed by atoms with van der Waals surface area (Å²) in [6.45, 7) is 6.35. The van der Waals surface area contributed by atoms with Gasteiger partial charge in [-0.3, -0.25) is 9.59 Å². The molecule has 0 aromatic carbocycles. The van der Waals surface area contributed by atoms with Crippen molar-refractivity contribution in [2.45, 2.75) is 302 Å². The van der Waals surface area contributed by atoms with Crippen molar-refractivity contribution in [1.82, 2.24) is 5.32 Å². The summed E-state index contributed by atoms with van der Waals surface area (Å²) >= 11 is 0. The molecule has 0 spiro atoms. The number of nitrogens with one attached hydrogen (secondary N) is 1. The van der Waals surface area contributed by atoms with Crippen LogP contribution >= 0.6 is 0 Å². The lowest BCUT2D eigenvalue weighted by molar-refractivity contribution is -0.151. The summed E-state index contributed by atoms with van der Waals surface area (Å²) < 4.78 is 5.93. The van der Waals surface area contributed by atoms with Crippen LogP contribution in [0.5, 0.6) is 0 Å².